The first-order chi connectivity index (χ1) is 27.9. The molecule has 0 radical (unpaired) electrons. The van der Waals surface area contributed by atoms with E-state index in [4.69, 9.17) is 55.2 Å². The summed E-state index contributed by atoms with van der Waals surface area (Å²) < 4.78 is 45.4. The van der Waals surface area contributed by atoms with Gasteiger partial charge < -0.3 is 59.2 Å². The van der Waals surface area contributed by atoms with Crippen LogP contribution < -0.4 is 21.3 Å². The van der Waals surface area contributed by atoms with E-state index in [2.05, 4.69) is 10.6 Å². The van der Waals surface area contributed by atoms with Crippen molar-refractivity contribution in [2.45, 2.75) is 102 Å². The summed E-state index contributed by atoms with van der Waals surface area (Å²) in [6.45, 7) is 5.79. The first kappa shape index (κ1) is 46.8. The zero-order valence-corrected chi connectivity index (χ0v) is 34.8. The molecule has 59 heavy (non-hydrogen) atoms. The number of fused-ring (bicyclic) bond motifs is 4. The molecule has 6 N–H and O–H groups in total. The van der Waals surface area contributed by atoms with Gasteiger partial charge in [0.05, 0.1) is 12.1 Å². The summed E-state index contributed by atoms with van der Waals surface area (Å²) in [7, 11) is 5.44. The highest BCUT2D eigenvalue weighted by Gasteiger charge is 2.52. The van der Waals surface area contributed by atoms with Gasteiger partial charge >= 0.3 is 24.2 Å². The number of rotatable bonds is 8. The lowest BCUT2D eigenvalue weighted by Crippen LogP contribution is -2.66. The number of phenols is 1. The highest BCUT2D eigenvalue weighted by atomic mass is 35.5. The maximum atomic E-state index is 14.9. The van der Waals surface area contributed by atoms with Crippen molar-refractivity contribution in [2.24, 2.45) is 11.7 Å². The van der Waals surface area contributed by atoms with Crippen molar-refractivity contribution >= 4 is 47.4 Å². The first-order valence-corrected chi connectivity index (χ1v) is 19.0. The van der Waals surface area contributed by atoms with Crippen LogP contribution in [0, 0.1) is 5.92 Å². The van der Waals surface area contributed by atoms with E-state index in [1.54, 1.807) is 38.2 Å². The van der Waals surface area contributed by atoms with E-state index in [9.17, 15) is 34.2 Å². The van der Waals surface area contributed by atoms with E-state index in [1.165, 1.54) is 40.5 Å². The Labute approximate surface area is 346 Å². The lowest BCUT2D eigenvalue weighted by Gasteiger charge is -2.47. The van der Waals surface area contributed by atoms with Crippen molar-refractivity contribution in [3.05, 3.63) is 58.2 Å². The number of aliphatic hydroxyl groups excluding tert-OH is 1. The molecule has 4 amide bonds. The van der Waals surface area contributed by atoms with E-state index >= 15 is 0 Å². The molecular weight excluding hydrogens is 800 g/mol. The van der Waals surface area contributed by atoms with Gasteiger partial charge in [-0.3, -0.25) is 19.8 Å². The summed E-state index contributed by atoms with van der Waals surface area (Å²) in [6, 6.07) is 2.91. The number of hydrogen-bond acceptors (Lipinski definition) is 15. The maximum absolute atomic E-state index is 14.9. The Bertz CT molecular complexity index is 1820. The fraction of sp³-hybridized carbons (Fsp3) is 0.564. The van der Waals surface area contributed by atoms with Crippen molar-refractivity contribution in [2.75, 3.05) is 39.9 Å². The molecule has 20 heteroatoms. The maximum Gasteiger partial charge on any atom is 0.409 e. The predicted molar refractivity (Wildman–Crippen MR) is 209 cm³/mol. The second-order valence-electron chi connectivity index (χ2n) is 14.4. The lowest BCUT2D eigenvalue weighted by atomic mass is 9.88. The second kappa shape index (κ2) is 20.4. The number of esters is 1. The number of amides is 4. The zero-order chi connectivity index (χ0) is 43.8. The Morgan fingerprint density at radius 1 is 1.12 bits per heavy atom. The van der Waals surface area contributed by atoms with Crippen LogP contribution in [0.2, 0.25) is 5.02 Å². The molecule has 10 atom stereocenters. The molecule has 326 valence electrons. The number of methoxy groups -OCH3 is 3. The first-order valence-electron chi connectivity index (χ1n) is 18.6. The number of carbonyl (C=O) groups is 5. The number of benzene rings is 1. The van der Waals surface area contributed by atoms with Gasteiger partial charge in [0.15, 0.2) is 18.1 Å². The number of nitrogens with zero attached hydrogens (tertiary/aromatic N) is 1. The number of aliphatic hydroxyl groups is 1. The van der Waals surface area contributed by atoms with Crippen molar-refractivity contribution in [3.63, 3.8) is 0 Å². The van der Waals surface area contributed by atoms with Gasteiger partial charge in [0.1, 0.15) is 54.0 Å². The number of alkyl carbamates (subject to hydrolysis) is 2. The van der Waals surface area contributed by atoms with Crippen LogP contribution in [-0.4, -0.2) is 130 Å². The van der Waals surface area contributed by atoms with Gasteiger partial charge in [-0.15, -0.1) is 0 Å². The monoisotopic (exact) mass is 852 g/mol. The number of carbonyl (C=O) groups excluding carboxylic acids is 5. The molecule has 4 bridgehead atoms. The highest BCUT2D eigenvalue weighted by molar-refractivity contribution is 6.35. The van der Waals surface area contributed by atoms with Gasteiger partial charge in [-0.2, -0.15) is 0 Å². The van der Waals surface area contributed by atoms with Gasteiger partial charge in [0.25, 0.3) is 0 Å². The molecule has 3 aliphatic heterocycles. The van der Waals surface area contributed by atoms with Gasteiger partial charge in [-0.25, -0.2) is 14.4 Å². The van der Waals surface area contributed by atoms with Crippen LogP contribution in [0.4, 0.5) is 20.1 Å². The summed E-state index contributed by atoms with van der Waals surface area (Å²) in [5, 5.41) is 27.9. The number of nitrogens with one attached hydrogen (secondary N) is 2. The third-order valence-corrected chi connectivity index (χ3v) is 10.6. The minimum absolute atomic E-state index is 0.121. The Morgan fingerprint density at radius 2 is 1.83 bits per heavy atom. The number of nitrogens with two attached hydrogens (primary N) is 1. The number of primary amides is 1. The van der Waals surface area contributed by atoms with Crippen LogP contribution in [-0.2, 0) is 53.9 Å². The minimum Gasteiger partial charge on any atom is -0.506 e. The molecule has 2 fully saturated rings. The van der Waals surface area contributed by atoms with E-state index in [0.29, 0.717) is 11.1 Å². The molecule has 4 rings (SSSR count). The van der Waals surface area contributed by atoms with Crippen LogP contribution in [0.15, 0.2) is 47.6 Å². The number of halogens is 1. The predicted octanol–water partition coefficient (Wildman–Crippen LogP) is 3.12. The summed E-state index contributed by atoms with van der Waals surface area (Å²) in [5.74, 6) is -2.55. The molecule has 1 aromatic rings. The average molecular weight is 853 g/mol. The summed E-state index contributed by atoms with van der Waals surface area (Å²) in [5.41, 5.74) is 5.43. The smallest absolute Gasteiger partial charge is 0.409 e. The molecule has 0 aliphatic carbocycles. The lowest BCUT2D eigenvalue weighted by molar-refractivity contribution is -0.236. The molecule has 2 saturated heterocycles. The van der Waals surface area contributed by atoms with E-state index in [1.807, 2.05) is 6.92 Å². The van der Waals surface area contributed by atoms with Crippen LogP contribution >= 0.6 is 11.6 Å². The quantitative estimate of drug-likeness (QED) is 0.143. The molecule has 1 unspecified atom stereocenters. The van der Waals surface area contributed by atoms with Gasteiger partial charge in [-0.05, 0) is 43.5 Å². The van der Waals surface area contributed by atoms with Crippen molar-refractivity contribution < 1.29 is 72.1 Å². The Morgan fingerprint density at radius 3 is 2.44 bits per heavy atom. The molecule has 3 aliphatic rings. The topological polar surface area (TPSA) is 253 Å². The van der Waals surface area contributed by atoms with Crippen molar-refractivity contribution in [1.82, 2.24) is 10.6 Å². The molecule has 0 spiro atoms. The number of hydrogen-bond donors (Lipinski definition) is 5. The third-order valence-electron chi connectivity index (χ3n) is 10.2. The standard InChI is InChI=1S/C39H53ClN4O15/c1-19-10-9-11-29(52-6)39(54-8)17-27(58-38(51)43-39)21(3)13-20(2)26(57-37(50)42-5)16-30(47)44(24-14-23(12-19)15-25(46)31(24)40)35-32(48)34(53-7)33(59-36(41)49)28(56-35)18-55-22(4)45/h9-11,13-15,21,26-29,32-35,46,48H,12,16-18H2,1-8H3,(H2,41,49)(H,42,50)(H,43,51)/t21-,26?,27-,28+,29+,32+,33+,34+,35+,39-/m0/s1. The molecule has 0 saturated carbocycles. The van der Waals surface area contributed by atoms with E-state index in [0.717, 1.165) is 17.4 Å². The number of anilines is 1. The molecule has 0 aromatic heterocycles. The van der Waals surface area contributed by atoms with Crippen LogP contribution in [0.3, 0.4) is 0 Å². The summed E-state index contributed by atoms with van der Waals surface area (Å²) in [4.78, 5) is 65.6. The fourth-order valence-electron chi connectivity index (χ4n) is 7.30. The van der Waals surface area contributed by atoms with Gasteiger partial charge in [0.2, 0.25) is 5.91 Å². The molecule has 1 aromatic carbocycles. The number of ether oxygens (including phenoxy) is 8. The Hall–Kier alpha value is -4.92. The van der Waals surface area contributed by atoms with Gasteiger partial charge in [0, 0.05) is 47.6 Å². The van der Waals surface area contributed by atoms with Crippen LogP contribution in [0.5, 0.6) is 5.75 Å². The summed E-state index contributed by atoms with van der Waals surface area (Å²) >= 11 is 6.77. The number of aromatic hydroxyl groups is 1. The highest BCUT2D eigenvalue weighted by Crippen LogP contribution is 2.41. The molecular formula is C39H53ClN4O15. The fourth-order valence-corrected chi connectivity index (χ4v) is 7.50. The van der Waals surface area contributed by atoms with E-state index in [-0.39, 0.29) is 23.6 Å². The zero-order valence-electron chi connectivity index (χ0n) is 34.1. The second-order valence-corrected chi connectivity index (χ2v) is 14.8. The normalized spacial score (nSPS) is 30.5. The minimum atomic E-state index is -1.81. The van der Waals surface area contributed by atoms with Gasteiger partial charge in [-0.1, -0.05) is 48.4 Å². The van der Waals surface area contributed by atoms with Crippen LogP contribution in [0.25, 0.3) is 0 Å². The van der Waals surface area contributed by atoms with E-state index < -0.39 is 110 Å². The SMILES string of the molecule is CNC(=O)OC1CC(=O)N([C@@H]2O[C@H](COC(C)=O)[C@@H](OC(N)=O)[C@H](OC)[C@H]2O)c2cc(cc(O)c2Cl)CC(C)=CC=C[C@@H](OC)[C@@]2(OC)C[C@H](OC(=O)N2)[C@@H](C)C=C1C. The molecule has 3 heterocycles. The van der Waals surface area contributed by atoms with Crippen LogP contribution in [0.1, 0.15) is 46.1 Å². The average Bonchev–Trinajstić information content (AvgIpc) is 3.17. The molecule has 19 nitrogen and oxygen atoms in total. The summed E-state index contributed by atoms with van der Waals surface area (Å²) in [6.07, 6.45) is -6.94. The number of phenolic OH excluding ortho intramolecular Hbond substituents is 1. The van der Waals surface area contributed by atoms with Crippen molar-refractivity contribution in [1.29, 1.82) is 0 Å². The Kier molecular flexibility index (Phi) is 16.1. The Balaban J connectivity index is 1.96. The largest absolute Gasteiger partial charge is 0.506 e. The van der Waals surface area contributed by atoms with Crippen molar-refractivity contribution in [3.8, 4) is 5.75 Å². The number of allylic oxidation sites excluding steroid dienone is 3. The third kappa shape index (κ3) is 11.2.